The summed E-state index contributed by atoms with van der Waals surface area (Å²) in [5.41, 5.74) is 7.33. The lowest BCUT2D eigenvalue weighted by Gasteiger charge is -2.35. The van der Waals surface area contributed by atoms with Gasteiger partial charge in [0.05, 0.1) is 12.2 Å². The summed E-state index contributed by atoms with van der Waals surface area (Å²) < 4.78 is 19.8. The van der Waals surface area contributed by atoms with E-state index in [4.69, 9.17) is 10.5 Å². The number of benzene rings is 1. The monoisotopic (exact) mass is 365 g/mol. The second-order valence-electron chi connectivity index (χ2n) is 6.39. The molecule has 0 saturated carbocycles. The van der Waals surface area contributed by atoms with Crippen LogP contribution in [0.5, 0.6) is 0 Å². The van der Waals surface area contributed by atoms with Crippen molar-refractivity contribution in [2.75, 3.05) is 57.4 Å². The van der Waals surface area contributed by atoms with Crippen molar-refractivity contribution in [2.24, 2.45) is 10.7 Å². The van der Waals surface area contributed by atoms with Gasteiger partial charge in [0.25, 0.3) is 0 Å². The molecule has 0 radical (unpaired) electrons. The van der Waals surface area contributed by atoms with Crippen LogP contribution in [-0.4, -0.2) is 63.3 Å². The first-order valence-corrected chi connectivity index (χ1v) is 9.51. The van der Waals surface area contributed by atoms with Crippen LogP contribution in [-0.2, 0) is 11.3 Å². The third-order valence-corrected chi connectivity index (χ3v) is 4.58. The van der Waals surface area contributed by atoms with Crippen LogP contribution in [0.15, 0.2) is 23.2 Å². The molecular weight excluding hydrogens is 333 g/mol. The van der Waals surface area contributed by atoms with Crippen LogP contribution < -0.4 is 16.0 Å². The lowest BCUT2D eigenvalue weighted by molar-refractivity contribution is 0.145. The number of hydrogen-bond donors (Lipinski definition) is 2. The fourth-order valence-electron chi connectivity index (χ4n) is 2.98. The summed E-state index contributed by atoms with van der Waals surface area (Å²) in [4.78, 5) is 8.76. The highest BCUT2D eigenvalue weighted by atomic mass is 19.1. The standard InChI is InChI=1S/C19H32FN5O/c1-3-24-9-11-25(12-10-24)18-7-6-16(14-17(18)20)15-23-19(21)22-8-5-13-26-4-2/h6-7,14H,3-5,8-13,15H2,1-2H3,(H3,21,22,23). The van der Waals surface area contributed by atoms with Gasteiger partial charge < -0.3 is 25.6 Å². The molecule has 6 nitrogen and oxygen atoms in total. The number of nitrogens with two attached hydrogens (primary N) is 1. The normalized spacial score (nSPS) is 16.1. The fraction of sp³-hybridized carbons (Fsp3) is 0.632. The van der Waals surface area contributed by atoms with Gasteiger partial charge in [-0.3, -0.25) is 0 Å². The Labute approximate surface area is 156 Å². The molecule has 2 rings (SSSR count). The molecule has 0 amide bonds. The number of hydrogen-bond acceptors (Lipinski definition) is 4. The Kier molecular flexibility index (Phi) is 8.64. The van der Waals surface area contributed by atoms with Gasteiger partial charge >= 0.3 is 0 Å². The summed E-state index contributed by atoms with van der Waals surface area (Å²) >= 11 is 0. The Balaban J connectivity index is 1.82. The van der Waals surface area contributed by atoms with Crippen LogP contribution >= 0.6 is 0 Å². The molecular formula is C19H32FN5O. The van der Waals surface area contributed by atoms with Gasteiger partial charge in [-0.2, -0.15) is 0 Å². The maximum absolute atomic E-state index is 14.5. The molecule has 3 N–H and O–H groups in total. The molecule has 1 aromatic carbocycles. The van der Waals surface area contributed by atoms with E-state index in [9.17, 15) is 4.39 Å². The molecule has 1 aliphatic rings. The van der Waals surface area contributed by atoms with E-state index >= 15 is 0 Å². The van der Waals surface area contributed by atoms with E-state index in [2.05, 4.69) is 27.0 Å². The largest absolute Gasteiger partial charge is 0.382 e. The van der Waals surface area contributed by atoms with Crippen molar-refractivity contribution in [3.05, 3.63) is 29.6 Å². The van der Waals surface area contributed by atoms with Crippen LogP contribution in [0.4, 0.5) is 10.1 Å². The first-order valence-electron chi connectivity index (χ1n) is 9.51. The number of guanidine groups is 1. The van der Waals surface area contributed by atoms with E-state index in [0.29, 0.717) is 31.3 Å². The minimum absolute atomic E-state index is 0.189. The molecule has 0 aromatic heterocycles. The van der Waals surface area contributed by atoms with Gasteiger partial charge in [-0.1, -0.05) is 13.0 Å². The molecule has 0 spiro atoms. The number of halogens is 1. The summed E-state index contributed by atoms with van der Waals surface area (Å²) in [5, 5.41) is 3.04. The van der Waals surface area contributed by atoms with Crippen LogP contribution in [0.1, 0.15) is 25.8 Å². The lowest BCUT2D eigenvalue weighted by atomic mass is 10.1. The van der Waals surface area contributed by atoms with Gasteiger partial charge in [0, 0.05) is 45.9 Å². The predicted molar refractivity (Wildman–Crippen MR) is 105 cm³/mol. The Hall–Kier alpha value is -1.86. The molecule has 0 atom stereocenters. The minimum Gasteiger partial charge on any atom is -0.382 e. The zero-order valence-corrected chi connectivity index (χ0v) is 16.0. The van der Waals surface area contributed by atoms with E-state index in [1.807, 2.05) is 19.1 Å². The van der Waals surface area contributed by atoms with Gasteiger partial charge in [-0.05, 0) is 37.6 Å². The predicted octanol–water partition coefficient (Wildman–Crippen LogP) is 1.80. The number of nitrogens with one attached hydrogen (secondary N) is 1. The SMILES string of the molecule is CCOCCCNC(N)=NCc1ccc(N2CCN(CC)CC2)c(F)c1. The molecule has 26 heavy (non-hydrogen) atoms. The van der Waals surface area contributed by atoms with Crippen LogP contribution in [0.2, 0.25) is 0 Å². The average molecular weight is 365 g/mol. The van der Waals surface area contributed by atoms with Gasteiger partial charge in [0.1, 0.15) is 5.82 Å². The smallest absolute Gasteiger partial charge is 0.188 e. The second-order valence-corrected chi connectivity index (χ2v) is 6.39. The highest BCUT2D eigenvalue weighted by Crippen LogP contribution is 2.22. The van der Waals surface area contributed by atoms with Crippen LogP contribution in [0.25, 0.3) is 0 Å². The molecule has 1 aromatic rings. The van der Waals surface area contributed by atoms with Crippen LogP contribution in [0.3, 0.4) is 0 Å². The van der Waals surface area contributed by atoms with E-state index < -0.39 is 0 Å². The Morgan fingerprint density at radius 3 is 2.69 bits per heavy atom. The molecule has 1 aliphatic heterocycles. The first-order chi connectivity index (χ1) is 12.6. The van der Waals surface area contributed by atoms with E-state index in [1.165, 1.54) is 0 Å². The number of likely N-dealkylation sites (N-methyl/N-ethyl adjacent to an activating group) is 1. The second kappa shape index (κ2) is 11.0. The molecule has 1 saturated heterocycles. The van der Waals surface area contributed by atoms with Crippen molar-refractivity contribution in [3.63, 3.8) is 0 Å². The molecule has 1 fully saturated rings. The number of piperazine rings is 1. The topological polar surface area (TPSA) is 66.1 Å². The zero-order valence-electron chi connectivity index (χ0n) is 16.0. The average Bonchev–Trinajstić information content (AvgIpc) is 2.66. The van der Waals surface area contributed by atoms with Gasteiger partial charge in [0.2, 0.25) is 0 Å². The Morgan fingerprint density at radius 1 is 1.27 bits per heavy atom. The summed E-state index contributed by atoms with van der Waals surface area (Å²) in [6.07, 6.45) is 0.874. The minimum atomic E-state index is -0.189. The summed E-state index contributed by atoms with van der Waals surface area (Å²) in [7, 11) is 0. The molecule has 0 unspecified atom stereocenters. The van der Waals surface area contributed by atoms with Gasteiger partial charge in [0.15, 0.2) is 5.96 Å². The third kappa shape index (κ3) is 6.46. The quantitative estimate of drug-likeness (QED) is 0.397. The number of ether oxygens (including phenoxy) is 1. The van der Waals surface area contributed by atoms with Crippen molar-refractivity contribution in [3.8, 4) is 0 Å². The molecule has 0 aliphatic carbocycles. The van der Waals surface area contributed by atoms with Gasteiger partial charge in [-0.15, -0.1) is 0 Å². The number of anilines is 1. The van der Waals surface area contributed by atoms with Crippen molar-refractivity contribution < 1.29 is 9.13 Å². The molecule has 7 heteroatoms. The Morgan fingerprint density at radius 2 is 2.04 bits per heavy atom. The Bertz CT molecular complexity index is 573. The van der Waals surface area contributed by atoms with Crippen molar-refractivity contribution in [1.29, 1.82) is 0 Å². The third-order valence-electron chi connectivity index (χ3n) is 4.58. The molecule has 146 valence electrons. The first kappa shape index (κ1) is 20.5. The van der Waals surface area contributed by atoms with E-state index in [-0.39, 0.29) is 5.82 Å². The number of nitrogens with zero attached hydrogens (tertiary/aromatic N) is 3. The molecule has 1 heterocycles. The number of aliphatic imine (C=N–C) groups is 1. The summed E-state index contributed by atoms with van der Waals surface area (Å²) in [6, 6.07) is 5.34. The van der Waals surface area contributed by atoms with Crippen molar-refractivity contribution in [1.82, 2.24) is 10.2 Å². The van der Waals surface area contributed by atoms with Crippen LogP contribution in [0, 0.1) is 5.82 Å². The maximum atomic E-state index is 14.5. The molecule has 0 bridgehead atoms. The number of rotatable bonds is 9. The fourth-order valence-corrected chi connectivity index (χ4v) is 2.98. The highest BCUT2D eigenvalue weighted by molar-refractivity contribution is 5.77. The van der Waals surface area contributed by atoms with Gasteiger partial charge in [-0.25, -0.2) is 9.38 Å². The van der Waals surface area contributed by atoms with Crippen molar-refractivity contribution >= 4 is 11.6 Å². The van der Waals surface area contributed by atoms with Crippen molar-refractivity contribution in [2.45, 2.75) is 26.8 Å². The highest BCUT2D eigenvalue weighted by Gasteiger charge is 2.18. The summed E-state index contributed by atoms with van der Waals surface area (Å²) in [6.45, 7) is 11.4. The van der Waals surface area contributed by atoms with E-state index in [1.54, 1.807) is 6.07 Å². The lowest BCUT2D eigenvalue weighted by Crippen LogP contribution is -2.46. The zero-order chi connectivity index (χ0) is 18.8. The summed E-state index contributed by atoms with van der Waals surface area (Å²) in [5.74, 6) is 0.188. The maximum Gasteiger partial charge on any atom is 0.188 e. The van der Waals surface area contributed by atoms with E-state index in [0.717, 1.165) is 51.3 Å².